The molecule has 4 rings (SSSR count). The molecule has 0 saturated carbocycles. The van der Waals surface area contributed by atoms with Gasteiger partial charge in [0.15, 0.2) is 5.82 Å². The van der Waals surface area contributed by atoms with Crippen molar-refractivity contribution in [2.75, 3.05) is 13.1 Å². The van der Waals surface area contributed by atoms with Crippen molar-refractivity contribution in [3.8, 4) is 11.5 Å². The third-order valence-corrected chi connectivity index (χ3v) is 4.48. The fraction of sp³-hybridized carbons (Fsp3) is 0.353. The highest BCUT2D eigenvalue weighted by atomic mass is 16.5. The molecule has 4 heterocycles. The van der Waals surface area contributed by atoms with Gasteiger partial charge in [0.05, 0.1) is 0 Å². The summed E-state index contributed by atoms with van der Waals surface area (Å²) in [5.74, 6) is 1.53. The molecule has 3 aromatic rings. The van der Waals surface area contributed by atoms with Crippen molar-refractivity contribution in [2.45, 2.75) is 12.8 Å². The molecule has 0 radical (unpaired) electrons. The summed E-state index contributed by atoms with van der Waals surface area (Å²) in [6, 6.07) is 5.41. The van der Waals surface area contributed by atoms with Crippen LogP contribution in [0.3, 0.4) is 0 Å². The number of hydrogen-bond donors (Lipinski definition) is 0. The molecule has 8 nitrogen and oxygen atoms in total. The number of pyridine rings is 1. The molecule has 1 unspecified atom stereocenters. The maximum absolute atomic E-state index is 12.5. The molecule has 1 amide bonds. The predicted molar refractivity (Wildman–Crippen MR) is 88.5 cm³/mol. The van der Waals surface area contributed by atoms with Crippen molar-refractivity contribution < 1.29 is 9.32 Å². The van der Waals surface area contributed by atoms with E-state index >= 15 is 0 Å². The van der Waals surface area contributed by atoms with Crippen LogP contribution >= 0.6 is 0 Å². The molecule has 0 N–H and O–H groups in total. The largest absolute Gasteiger partial charge is 0.337 e. The number of carbonyl (C=O) groups is 1. The van der Waals surface area contributed by atoms with Gasteiger partial charge >= 0.3 is 0 Å². The summed E-state index contributed by atoms with van der Waals surface area (Å²) >= 11 is 0. The molecule has 0 aliphatic carbocycles. The molecule has 1 aliphatic rings. The van der Waals surface area contributed by atoms with Gasteiger partial charge < -0.3 is 9.42 Å². The van der Waals surface area contributed by atoms with Gasteiger partial charge in [0.25, 0.3) is 11.8 Å². The van der Waals surface area contributed by atoms with Crippen LogP contribution in [0.1, 0.15) is 22.7 Å². The molecular formula is C17H18N6O2. The van der Waals surface area contributed by atoms with E-state index in [4.69, 9.17) is 4.52 Å². The van der Waals surface area contributed by atoms with Crippen LogP contribution in [-0.2, 0) is 13.5 Å². The van der Waals surface area contributed by atoms with E-state index in [0.29, 0.717) is 36.3 Å². The van der Waals surface area contributed by atoms with E-state index < -0.39 is 0 Å². The first-order valence-electron chi connectivity index (χ1n) is 8.21. The minimum Gasteiger partial charge on any atom is -0.337 e. The fourth-order valence-electron chi connectivity index (χ4n) is 3.14. The van der Waals surface area contributed by atoms with Gasteiger partial charge in [-0.15, -0.1) is 0 Å². The number of amides is 1. The molecule has 128 valence electrons. The van der Waals surface area contributed by atoms with Crippen LogP contribution < -0.4 is 0 Å². The maximum atomic E-state index is 12.5. The van der Waals surface area contributed by atoms with Gasteiger partial charge in [-0.2, -0.15) is 10.1 Å². The van der Waals surface area contributed by atoms with E-state index in [2.05, 4.69) is 20.2 Å². The fourth-order valence-corrected chi connectivity index (χ4v) is 3.14. The molecule has 1 atom stereocenters. The van der Waals surface area contributed by atoms with Crippen LogP contribution in [-0.4, -0.2) is 48.8 Å². The van der Waals surface area contributed by atoms with Crippen LogP contribution in [0, 0.1) is 5.92 Å². The highest BCUT2D eigenvalue weighted by molar-refractivity contribution is 5.92. The van der Waals surface area contributed by atoms with Gasteiger partial charge in [-0.3, -0.25) is 14.5 Å². The van der Waals surface area contributed by atoms with E-state index in [1.165, 1.54) is 0 Å². The summed E-state index contributed by atoms with van der Waals surface area (Å²) in [6.07, 6.45) is 6.66. The molecule has 25 heavy (non-hydrogen) atoms. The zero-order valence-corrected chi connectivity index (χ0v) is 13.9. The molecule has 1 aliphatic heterocycles. The lowest BCUT2D eigenvalue weighted by Gasteiger charge is -2.16. The van der Waals surface area contributed by atoms with E-state index in [-0.39, 0.29) is 5.91 Å². The lowest BCUT2D eigenvalue weighted by Crippen LogP contribution is -2.30. The Labute approximate surface area is 144 Å². The molecule has 3 aromatic heterocycles. The minimum atomic E-state index is 0.0214. The minimum absolute atomic E-state index is 0.0214. The average molecular weight is 338 g/mol. The smallest absolute Gasteiger partial charge is 0.272 e. The maximum Gasteiger partial charge on any atom is 0.272 e. The molecule has 8 heteroatoms. The van der Waals surface area contributed by atoms with Crippen LogP contribution in [0.15, 0.2) is 41.3 Å². The van der Waals surface area contributed by atoms with Crippen LogP contribution in [0.5, 0.6) is 0 Å². The van der Waals surface area contributed by atoms with Crippen molar-refractivity contribution in [3.05, 3.63) is 48.3 Å². The van der Waals surface area contributed by atoms with Crippen molar-refractivity contribution in [1.29, 1.82) is 0 Å². The zero-order chi connectivity index (χ0) is 17.2. The normalized spacial score (nSPS) is 17.2. The lowest BCUT2D eigenvalue weighted by atomic mass is 10.1. The lowest BCUT2D eigenvalue weighted by molar-refractivity contribution is 0.0776. The second kappa shape index (κ2) is 6.46. The standard InChI is InChI=1S/C17H18N6O2/c1-22-14(4-8-19-22)17(24)23-9-5-12(11-23)10-15-20-16(25-21-15)13-2-6-18-7-3-13/h2-4,6-8,12H,5,9-11H2,1H3. The molecule has 1 fully saturated rings. The molecule has 0 bridgehead atoms. The second-order valence-electron chi connectivity index (χ2n) is 6.20. The number of aromatic nitrogens is 5. The Kier molecular flexibility index (Phi) is 4.01. The van der Waals surface area contributed by atoms with Gasteiger partial charge in [-0.05, 0) is 30.5 Å². The zero-order valence-electron chi connectivity index (χ0n) is 13.9. The number of likely N-dealkylation sites (tertiary alicyclic amines) is 1. The summed E-state index contributed by atoms with van der Waals surface area (Å²) in [7, 11) is 1.78. The number of aryl methyl sites for hydroxylation is 1. The van der Waals surface area contributed by atoms with Crippen molar-refractivity contribution in [1.82, 2.24) is 29.8 Å². The van der Waals surface area contributed by atoms with Crippen LogP contribution in [0.4, 0.5) is 0 Å². The summed E-state index contributed by atoms with van der Waals surface area (Å²) in [6.45, 7) is 1.44. The molecule has 0 spiro atoms. The highest BCUT2D eigenvalue weighted by Gasteiger charge is 2.29. The van der Waals surface area contributed by atoms with E-state index in [1.54, 1.807) is 36.4 Å². The Morgan fingerprint density at radius 3 is 2.88 bits per heavy atom. The molecule has 0 aromatic carbocycles. The first-order valence-corrected chi connectivity index (χ1v) is 8.21. The SMILES string of the molecule is Cn1nccc1C(=O)N1CCC(Cc2noc(-c3ccncc3)n2)C1. The van der Waals surface area contributed by atoms with Crippen LogP contribution in [0.25, 0.3) is 11.5 Å². The van der Waals surface area contributed by atoms with Crippen molar-refractivity contribution in [2.24, 2.45) is 13.0 Å². The number of carbonyl (C=O) groups excluding carboxylic acids is 1. The number of rotatable bonds is 4. The van der Waals surface area contributed by atoms with E-state index in [1.807, 2.05) is 17.0 Å². The van der Waals surface area contributed by atoms with Gasteiger partial charge in [0, 0.05) is 50.7 Å². The topological polar surface area (TPSA) is 89.9 Å². The Bertz CT molecular complexity index is 872. The number of hydrogen-bond acceptors (Lipinski definition) is 6. The van der Waals surface area contributed by atoms with E-state index in [0.717, 1.165) is 18.5 Å². The van der Waals surface area contributed by atoms with Gasteiger partial charge in [-0.25, -0.2) is 0 Å². The first-order chi connectivity index (χ1) is 12.2. The first kappa shape index (κ1) is 15.5. The Morgan fingerprint density at radius 2 is 2.12 bits per heavy atom. The van der Waals surface area contributed by atoms with E-state index in [9.17, 15) is 4.79 Å². The third kappa shape index (κ3) is 3.15. The number of nitrogens with zero attached hydrogens (tertiary/aromatic N) is 6. The monoisotopic (exact) mass is 338 g/mol. The van der Waals surface area contributed by atoms with Gasteiger partial charge in [0.2, 0.25) is 0 Å². The molecular weight excluding hydrogens is 320 g/mol. The second-order valence-corrected chi connectivity index (χ2v) is 6.20. The van der Waals surface area contributed by atoms with Crippen molar-refractivity contribution >= 4 is 5.91 Å². The average Bonchev–Trinajstić information content (AvgIpc) is 3.37. The predicted octanol–water partition coefficient (Wildman–Crippen LogP) is 1.57. The highest BCUT2D eigenvalue weighted by Crippen LogP contribution is 2.23. The van der Waals surface area contributed by atoms with Gasteiger partial charge in [0.1, 0.15) is 5.69 Å². The third-order valence-electron chi connectivity index (χ3n) is 4.48. The summed E-state index contributed by atoms with van der Waals surface area (Å²) in [5, 5.41) is 8.13. The quantitative estimate of drug-likeness (QED) is 0.717. The summed E-state index contributed by atoms with van der Waals surface area (Å²) in [5.41, 5.74) is 1.47. The summed E-state index contributed by atoms with van der Waals surface area (Å²) < 4.78 is 6.94. The Morgan fingerprint density at radius 1 is 1.28 bits per heavy atom. The summed E-state index contributed by atoms with van der Waals surface area (Å²) in [4.78, 5) is 22.8. The molecule has 1 saturated heterocycles. The van der Waals surface area contributed by atoms with Gasteiger partial charge in [-0.1, -0.05) is 5.16 Å². The Hall–Kier alpha value is -3.03. The Balaban J connectivity index is 1.39. The van der Waals surface area contributed by atoms with Crippen molar-refractivity contribution in [3.63, 3.8) is 0 Å². The van der Waals surface area contributed by atoms with Crippen LogP contribution in [0.2, 0.25) is 0 Å².